The Hall–Kier alpha value is -3.09. The highest BCUT2D eigenvalue weighted by Gasteiger charge is 2.32. The summed E-state index contributed by atoms with van der Waals surface area (Å²) in [6.07, 6.45) is 0.803. The molecule has 0 spiro atoms. The lowest BCUT2D eigenvalue weighted by Crippen LogP contribution is -2.31. The van der Waals surface area contributed by atoms with E-state index in [2.05, 4.69) is 17.1 Å². The van der Waals surface area contributed by atoms with E-state index in [1.165, 1.54) is 17.7 Å². The van der Waals surface area contributed by atoms with Crippen LogP contribution in [-0.4, -0.2) is 19.9 Å². The number of benzene rings is 3. The average Bonchev–Trinajstić information content (AvgIpc) is 3.26. The maximum atomic E-state index is 13.6. The Balaban J connectivity index is 1.64. The molecule has 7 heteroatoms. The molecule has 0 bridgehead atoms. The fourth-order valence-electron chi connectivity index (χ4n) is 3.97. The van der Waals surface area contributed by atoms with Crippen molar-refractivity contribution in [1.82, 2.24) is 4.98 Å². The number of hydrogen-bond donors (Lipinski definition) is 0. The molecule has 162 valence electrons. The van der Waals surface area contributed by atoms with E-state index < -0.39 is 9.84 Å². The summed E-state index contributed by atoms with van der Waals surface area (Å²) in [6, 6.07) is 22.0. The summed E-state index contributed by atoms with van der Waals surface area (Å²) in [7, 11) is -3.92. The molecule has 0 saturated carbocycles. The normalized spacial score (nSPS) is 13.8. The highest BCUT2D eigenvalue weighted by atomic mass is 35.5. The summed E-state index contributed by atoms with van der Waals surface area (Å²) in [5, 5.41) is 0.396. The molecule has 0 radical (unpaired) electrons. The Morgan fingerprint density at radius 2 is 1.72 bits per heavy atom. The predicted octanol–water partition coefficient (Wildman–Crippen LogP) is 5.70. The number of rotatable bonds is 4. The molecular formula is C25H21ClN2O3S. The first-order chi connectivity index (χ1) is 15.4. The van der Waals surface area contributed by atoms with E-state index in [9.17, 15) is 8.42 Å². The molecule has 0 aliphatic carbocycles. The topological polar surface area (TPSA) is 63.4 Å². The number of aryl methyl sites for hydroxylation is 1. The quantitative estimate of drug-likeness (QED) is 0.387. The monoisotopic (exact) mass is 464 g/mol. The molecule has 3 aromatic carbocycles. The molecule has 0 amide bonds. The van der Waals surface area contributed by atoms with Crippen molar-refractivity contribution in [3.05, 3.63) is 94.5 Å². The number of sulfone groups is 1. The fraction of sp³-hybridized carbons (Fsp3) is 0.160. The van der Waals surface area contributed by atoms with Gasteiger partial charge in [0.1, 0.15) is 0 Å². The molecule has 0 saturated heterocycles. The number of aromatic nitrogens is 1. The molecule has 1 aromatic heterocycles. The standard InChI is InChI=1S/C25H21ClN2O3S/c1-17-5-4-8-19(15-17)23-27-24(32(29,30)22-11-9-21(26)10-12-22)25(31-23)28-14-13-18-6-2-3-7-20(18)16-28/h2-12,15H,13-14,16H2,1H3. The Morgan fingerprint density at radius 3 is 2.47 bits per heavy atom. The number of oxazole rings is 1. The zero-order valence-corrected chi connectivity index (χ0v) is 19.0. The fourth-order valence-corrected chi connectivity index (χ4v) is 5.42. The van der Waals surface area contributed by atoms with Crippen LogP contribution in [-0.2, 0) is 22.8 Å². The SMILES string of the molecule is Cc1cccc(-c2nc(S(=O)(=O)c3ccc(Cl)cc3)c(N3CCc4ccccc4C3)o2)c1. The molecule has 5 nitrogen and oxygen atoms in total. The molecule has 2 heterocycles. The molecule has 0 fully saturated rings. The van der Waals surface area contributed by atoms with E-state index in [0.717, 1.165) is 23.1 Å². The largest absolute Gasteiger partial charge is 0.419 e. The van der Waals surface area contributed by atoms with Crippen molar-refractivity contribution in [1.29, 1.82) is 0 Å². The summed E-state index contributed by atoms with van der Waals surface area (Å²) in [5.74, 6) is 0.557. The van der Waals surface area contributed by atoms with Crippen LogP contribution in [0.1, 0.15) is 16.7 Å². The van der Waals surface area contributed by atoms with Gasteiger partial charge in [-0.2, -0.15) is 4.98 Å². The van der Waals surface area contributed by atoms with Crippen LogP contribution in [0.4, 0.5) is 5.88 Å². The lowest BCUT2D eigenvalue weighted by Gasteiger charge is -2.28. The Morgan fingerprint density at radius 1 is 0.969 bits per heavy atom. The van der Waals surface area contributed by atoms with Gasteiger partial charge in [0, 0.05) is 23.7 Å². The molecule has 4 aromatic rings. The molecule has 0 unspecified atom stereocenters. The minimum atomic E-state index is -3.92. The number of hydrogen-bond acceptors (Lipinski definition) is 5. The molecule has 1 aliphatic rings. The van der Waals surface area contributed by atoms with Crippen molar-refractivity contribution in [2.45, 2.75) is 29.8 Å². The van der Waals surface area contributed by atoms with Gasteiger partial charge in [-0.15, -0.1) is 0 Å². The van der Waals surface area contributed by atoms with Crippen molar-refractivity contribution in [2.24, 2.45) is 0 Å². The number of nitrogens with zero attached hydrogens (tertiary/aromatic N) is 2. The Bertz CT molecular complexity index is 1390. The van der Waals surface area contributed by atoms with Gasteiger partial charge in [-0.1, -0.05) is 53.6 Å². The van der Waals surface area contributed by atoms with E-state index >= 15 is 0 Å². The van der Waals surface area contributed by atoms with Crippen LogP contribution in [0.5, 0.6) is 0 Å². The zero-order chi connectivity index (χ0) is 22.3. The van der Waals surface area contributed by atoms with Gasteiger partial charge in [0.15, 0.2) is 0 Å². The molecule has 32 heavy (non-hydrogen) atoms. The predicted molar refractivity (Wildman–Crippen MR) is 125 cm³/mol. The second kappa shape index (κ2) is 8.11. The summed E-state index contributed by atoms with van der Waals surface area (Å²) < 4.78 is 33.3. The van der Waals surface area contributed by atoms with Gasteiger partial charge in [-0.05, 0) is 60.9 Å². The van der Waals surface area contributed by atoms with Crippen molar-refractivity contribution >= 4 is 27.3 Å². The maximum absolute atomic E-state index is 13.6. The molecule has 5 rings (SSSR count). The van der Waals surface area contributed by atoms with E-state index in [1.54, 1.807) is 12.1 Å². The van der Waals surface area contributed by atoms with E-state index in [0.29, 0.717) is 18.1 Å². The smallest absolute Gasteiger partial charge is 0.236 e. The van der Waals surface area contributed by atoms with Gasteiger partial charge >= 0.3 is 0 Å². The third-order valence-corrected chi connectivity index (χ3v) is 7.56. The van der Waals surface area contributed by atoms with Gasteiger partial charge in [-0.25, -0.2) is 8.42 Å². The minimum absolute atomic E-state index is 0.0734. The minimum Gasteiger partial charge on any atom is -0.419 e. The highest BCUT2D eigenvalue weighted by molar-refractivity contribution is 7.91. The first-order valence-electron chi connectivity index (χ1n) is 10.3. The van der Waals surface area contributed by atoms with Crippen LogP contribution in [0.3, 0.4) is 0 Å². The Labute approximate surface area is 192 Å². The molecule has 1 aliphatic heterocycles. The first kappa shape index (κ1) is 20.8. The van der Waals surface area contributed by atoms with E-state index in [4.69, 9.17) is 16.0 Å². The summed E-state index contributed by atoms with van der Waals surface area (Å²) >= 11 is 5.97. The van der Waals surface area contributed by atoms with Crippen LogP contribution < -0.4 is 4.90 Å². The van der Waals surface area contributed by atoms with Crippen LogP contribution >= 0.6 is 11.6 Å². The average molecular weight is 465 g/mol. The zero-order valence-electron chi connectivity index (χ0n) is 17.5. The lowest BCUT2D eigenvalue weighted by atomic mass is 10.0. The highest BCUT2D eigenvalue weighted by Crippen LogP contribution is 2.37. The second-order valence-electron chi connectivity index (χ2n) is 7.90. The molecule has 0 N–H and O–H groups in total. The third kappa shape index (κ3) is 3.80. The summed E-state index contributed by atoms with van der Waals surface area (Å²) in [6.45, 7) is 3.17. The third-order valence-electron chi connectivity index (χ3n) is 5.64. The maximum Gasteiger partial charge on any atom is 0.236 e. The van der Waals surface area contributed by atoms with Crippen molar-refractivity contribution in [3.8, 4) is 11.5 Å². The van der Waals surface area contributed by atoms with Crippen molar-refractivity contribution in [3.63, 3.8) is 0 Å². The number of halogens is 1. The first-order valence-corrected chi connectivity index (χ1v) is 12.2. The van der Waals surface area contributed by atoms with Gasteiger partial charge in [0.05, 0.1) is 4.90 Å². The number of anilines is 1. The second-order valence-corrected chi connectivity index (χ2v) is 10.2. The molecule has 0 atom stereocenters. The van der Waals surface area contributed by atoms with Gasteiger partial charge in [-0.3, -0.25) is 0 Å². The molecular weight excluding hydrogens is 444 g/mol. The van der Waals surface area contributed by atoms with E-state index in [-0.39, 0.29) is 21.7 Å². The number of fused-ring (bicyclic) bond motifs is 1. The van der Waals surface area contributed by atoms with Gasteiger partial charge in [0.2, 0.25) is 26.6 Å². The van der Waals surface area contributed by atoms with Crippen LogP contribution in [0.25, 0.3) is 11.5 Å². The van der Waals surface area contributed by atoms with Crippen LogP contribution in [0.2, 0.25) is 5.02 Å². The van der Waals surface area contributed by atoms with Crippen LogP contribution in [0, 0.1) is 6.92 Å². The van der Waals surface area contributed by atoms with Crippen LogP contribution in [0.15, 0.2) is 87.1 Å². The summed E-state index contributed by atoms with van der Waals surface area (Å²) in [5.41, 5.74) is 4.20. The Kier molecular flexibility index (Phi) is 5.27. The van der Waals surface area contributed by atoms with Crippen molar-refractivity contribution < 1.29 is 12.8 Å². The van der Waals surface area contributed by atoms with Gasteiger partial charge < -0.3 is 9.32 Å². The lowest BCUT2D eigenvalue weighted by molar-refractivity contribution is 0.533. The van der Waals surface area contributed by atoms with E-state index in [1.807, 2.05) is 48.2 Å². The summed E-state index contributed by atoms with van der Waals surface area (Å²) in [4.78, 5) is 6.58. The van der Waals surface area contributed by atoms with Crippen molar-refractivity contribution in [2.75, 3.05) is 11.4 Å². The van der Waals surface area contributed by atoms with Gasteiger partial charge in [0.25, 0.3) is 0 Å².